The molecule has 1 heterocycles. The molecule has 1 amide bonds. The predicted octanol–water partition coefficient (Wildman–Crippen LogP) is 1.83. The van der Waals surface area contributed by atoms with Crippen LogP contribution in [-0.2, 0) is 11.3 Å². The Hall–Kier alpha value is -1.17. The van der Waals surface area contributed by atoms with Gasteiger partial charge in [0.1, 0.15) is 0 Å². The monoisotopic (exact) mass is 240 g/mol. The van der Waals surface area contributed by atoms with Gasteiger partial charge in [0, 0.05) is 4.88 Å². The maximum atomic E-state index is 11.2. The minimum atomic E-state index is -0.266. The number of ether oxygens (including phenoxy) is 1. The summed E-state index contributed by atoms with van der Waals surface area (Å²) >= 11 is 1.38. The Balaban J connectivity index is 2.35. The number of nitrogens with one attached hydrogen (secondary N) is 1. The minimum absolute atomic E-state index is 0.266. The van der Waals surface area contributed by atoms with E-state index >= 15 is 0 Å². The third-order valence-corrected chi connectivity index (χ3v) is 2.99. The zero-order valence-corrected chi connectivity index (χ0v) is 10.1. The zero-order valence-electron chi connectivity index (χ0n) is 9.29. The molecule has 0 unspecified atom stereocenters. The molecule has 5 heteroatoms. The first-order valence-electron chi connectivity index (χ1n) is 4.95. The van der Waals surface area contributed by atoms with Crippen molar-refractivity contribution in [2.24, 2.45) is 5.84 Å². The van der Waals surface area contributed by atoms with Gasteiger partial charge in [-0.3, -0.25) is 10.2 Å². The molecular formula is C11H16N2O2S. The number of nitrogens with two attached hydrogens (primary N) is 1. The molecule has 0 aliphatic carbocycles. The maximum Gasteiger partial charge on any atom is 0.275 e. The molecule has 0 aliphatic heterocycles. The molecule has 3 N–H and O–H groups in total. The Morgan fingerprint density at radius 1 is 1.62 bits per heavy atom. The summed E-state index contributed by atoms with van der Waals surface area (Å²) in [5, 5.41) is 0. The van der Waals surface area contributed by atoms with Crippen LogP contribution in [0.4, 0.5) is 0 Å². The van der Waals surface area contributed by atoms with Crippen LogP contribution < -0.4 is 11.3 Å². The second-order valence-corrected chi connectivity index (χ2v) is 4.67. The number of hydrogen-bond acceptors (Lipinski definition) is 4. The zero-order chi connectivity index (χ0) is 12.0. The SMILES string of the molecule is C=C(C)CCOCc1ccc(C(=O)NN)s1. The quantitative estimate of drug-likeness (QED) is 0.262. The smallest absolute Gasteiger partial charge is 0.275 e. The highest BCUT2D eigenvalue weighted by Gasteiger charge is 2.07. The van der Waals surface area contributed by atoms with Crippen LogP contribution in [0.15, 0.2) is 24.3 Å². The lowest BCUT2D eigenvalue weighted by molar-refractivity contribution is 0.0957. The van der Waals surface area contributed by atoms with E-state index in [2.05, 4.69) is 12.0 Å². The highest BCUT2D eigenvalue weighted by Crippen LogP contribution is 2.17. The van der Waals surface area contributed by atoms with Gasteiger partial charge < -0.3 is 4.74 Å². The van der Waals surface area contributed by atoms with E-state index < -0.39 is 0 Å². The minimum Gasteiger partial charge on any atom is -0.376 e. The van der Waals surface area contributed by atoms with Crippen molar-refractivity contribution in [3.05, 3.63) is 34.0 Å². The average Bonchev–Trinajstić information content (AvgIpc) is 2.71. The highest BCUT2D eigenvalue weighted by atomic mass is 32.1. The topological polar surface area (TPSA) is 64.3 Å². The fourth-order valence-corrected chi connectivity index (χ4v) is 1.92. The van der Waals surface area contributed by atoms with E-state index in [1.807, 2.05) is 13.0 Å². The molecule has 88 valence electrons. The average molecular weight is 240 g/mol. The number of rotatable bonds is 6. The fraction of sp³-hybridized carbons (Fsp3) is 0.364. The van der Waals surface area contributed by atoms with Crippen LogP contribution in [0.5, 0.6) is 0 Å². The van der Waals surface area contributed by atoms with E-state index in [0.29, 0.717) is 18.1 Å². The Kier molecular flexibility index (Phi) is 5.18. The molecule has 0 saturated carbocycles. The largest absolute Gasteiger partial charge is 0.376 e. The van der Waals surface area contributed by atoms with E-state index in [-0.39, 0.29) is 5.91 Å². The summed E-state index contributed by atoms with van der Waals surface area (Å²) in [6.07, 6.45) is 0.863. The van der Waals surface area contributed by atoms with Crippen LogP contribution in [0.1, 0.15) is 27.9 Å². The standard InChI is InChI=1S/C11H16N2O2S/c1-8(2)5-6-15-7-9-3-4-10(16-9)11(14)13-12/h3-4H,1,5-7,12H2,2H3,(H,13,14). The molecule has 4 nitrogen and oxygen atoms in total. The summed E-state index contributed by atoms with van der Waals surface area (Å²) in [5.74, 6) is 4.77. The molecule has 1 rings (SSSR count). The van der Waals surface area contributed by atoms with Crippen molar-refractivity contribution >= 4 is 17.2 Å². The number of hydrazine groups is 1. The molecule has 0 fully saturated rings. The molecule has 16 heavy (non-hydrogen) atoms. The molecule has 0 aromatic carbocycles. The fourth-order valence-electron chi connectivity index (χ4n) is 1.07. The van der Waals surface area contributed by atoms with Gasteiger partial charge in [0.2, 0.25) is 0 Å². The van der Waals surface area contributed by atoms with Crippen molar-refractivity contribution in [2.45, 2.75) is 20.0 Å². The van der Waals surface area contributed by atoms with Crippen molar-refractivity contribution in [3.8, 4) is 0 Å². The van der Waals surface area contributed by atoms with Crippen LogP contribution in [0, 0.1) is 0 Å². The predicted molar refractivity (Wildman–Crippen MR) is 65.1 cm³/mol. The first-order valence-corrected chi connectivity index (χ1v) is 5.77. The third kappa shape index (κ3) is 4.14. The van der Waals surface area contributed by atoms with Crippen molar-refractivity contribution in [1.82, 2.24) is 5.43 Å². The van der Waals surface area contributed by atoms with Crippen LogP contribution in [0.25, 0.3) is 0 Å². The number of thiophene rings is 1. The number of carbonyl (C=O) groups is 1. The Morgan fingerprint density at radius 2 is 2.38 bits per heavy atom. The number of hydrogen-bond donors (Lipinski definition) is 2. The molecular weight excluding hydrogens is 224 g/mol. The van der Waals surface area contributed by atoms with Crippen LogP contribution in [0.3, 0.4) is 0 Å². The van der Waals surface area contributed by atoms with Gasteiger partial charge in [-0.15, -0.1) is 17.9 Å². The second kappa shape index (κ2) is 6.42. The highest BCUT2D eigenvalue weighted by molar-refractivity contribution is 7.14. The molecule has 0 bridgehead atoms. The number of amides is 1. The number of carbonyl (C=O) groups excluding carboxylic acids is 1. The van der Waals surface area contributed by atoms with E-state index in [4.69, 9.17) is 10.6 Å². The van der Waals surface area contributed by atoms with Crippen molar-refractivity contribution < 1.29 is 9.53 Å². The molecule has 0 spiro atoms. The number of nitrogen functional groups attached to an aromatic ring is 1. The summed E-state index contributed by atoms with van der Waals surface area (Å²) < 4.78 is 5.44. The molecule has 0 atom stereocenters. The summed E-state index contributed by atoms with van der Waals surface area (Å²) in [6, 6.07) is 3.61. The van der Waals surface area contributed by atoms with E-state index in [1.165, 1.54) is 11.3 Å². The van der Waals surface area contributed by atoms with Gasteiger partial charge in [-0.25, -0.2) is 5.84 Å². The summed E-state index contributed by atoms with van der Waals surface area (Å²) in [6.45, 7) is 6.95. The summed E-state index contributed by atoms with van der Waals surface area (Å²) in [5.41, 5.74) is 3.20. The molecule has 0 aliphatic rings. The van der Waals surface area contributed by atoms with Gasteiger partial charge >= 0.3 is 0 Å². The van der Waals surface area contributed by atoms with Crippen molar-refractivity contribution in [3.63, 3.8) is 0 Å². The van der Waals surface area contributed by atoms with Crippen LogP contribution >= 0.6 is 11.3 Å². The Bertz CT molecular complexity index is 374. The summed E-state index contributed by atoms with van der Waals surface area (Å²) in [4.78, 5) is 12.8. The van der Waals surface area contributed by atoms with Gasteiger partial charge in [0.15, 0.2) is 0 Å². The first-order chi connectivity index (χ1) is 7.63. The maximum absolute atomic E-state index is 11.2. The molecule has 0 saturated heterocycles. The molecule has 0 radical (unpaired) electrons. The van der Waals surface area contributed by atoms with Crippen LogP contribution in [-0.4, -0.2) is 12.5 Å². The van der Waals surface area contributed by atoms with Gasteiger partial charge in [-0.05, 0) is 25.5 Å². The van der Waals surface area contributed by atoms with E-state index in [9.17, 15) is 4.79 Å². The Labute approximate surface area is 99.1 Å². The second-order valence-electron chi connectivity index (χ2n) is 3.50. The van der Waals surface area contributed by atoms with Crippen LogP contribution in [0.2, 0.25) is 0 Å². The molecule has 1 aromatic rings. The van der Waals surface area contributed by atoms with Gasteiger partial charge in [0.25, 0.3) is 5.91 Å². The van der Waals surface area contributed by atoms with Gasteiger partial charge in [-0.1, -0.05) is 5.57 Å². The lowest BCUT2D eigenvalue weighted by Gasteiger charge is -2.01. The van der Waals surface area contributed by atoms with Gasteiger partial charge in [0.05, 0.1) is 18.1 Å². The van der Waals surface area contributed by atoms with E-state index in [0.717, 1.165) is 16.9 Å². The van der Waals surface area contributed by atoms with Crippen molar-refractivity contribution in [2.75, 3.05) is 6.61 Å². The lowest BCUT2D eigenvalue weighted by Crippen LogP contribution is -2.29. The van der Waals surface area contributed by atoms with Crippen molar-refractivity contribution in [1.29, 1.82) is 0 Å². The Morgan fingerprint density at radius 3 is 3.00 bits per heavy atom. The third-order valence-electron chi connectivity index (χ3n) is 1.93. The van der Waals surface area contributed by atoms with Gasteiger partial charge in [-0.2, -0.15) is 0 Å². The molecule has 1 aromatic heterocycles. The lowest BCUT2D eigenvalue weighted by atomic mass is 10.3. The van der Waals surface area contributed by atoms with E-state index in [1.54, 1.807) is 6.07 Å². The first kappa shape index (κ1) is 12.9. The normalized spacial score (nSPS) is 10.1. The summed E-state index contributed by atoms with van der Waals surface area (Å²) in [7, 11) is 0.